The van der Waals surface area contributed by atoms with Gasteiger partial charge in [0.15, 0.2) is 5.76 Å². The molecule has 0 aliphatic heterocycles. The first-order valence-electron chi connectivity index (χ1n) is 5.90. The minimum atomic E-state index is -3.90. The smallest absolute Gasteiger partial charge is 0.287 e. The highest BCUT2D eigenvalue weighted by Gasteiger charge is 2.21. The molecule has 0 saturated heterocycles. The minimum Gasteiger partial charge on any atom is -0.438 e. The van der Waals surface area contributed by atoms with E-state index in [1.165, 1.54) is 18.6 Å². The van der Waals surface area contributed by atoms with Crippen molar-refractivity contribution in [2.75, 3.05) is 0 Å². The van der Waals surface area contributed by atoms with Crippen molar-refractivity contribution in [2.24, 2.45) is 5.14 Å². The summed E-state index contributed by atoms with van der Waals surface area (Å²) in [6, 6.07) is 2.65. The Balaban J connectivity index is 2.02. The Kier molecular flexibility index (Phi) is 3.72. The zero-order valence-corrected chi connectivity index (χ0v) is 10.7. The number of sulfonamides is 1. The van der Waals surface area contributed by atoms with Gasteiger partial charge in [-0.3, -0.25) is 4.79 Å². The monoisotopic (exact) mass is 272 g/mol. The fourth-order valence-electron chi connectivity index (χ4n) is 2.10. The zero-order chi connectivity index (χ0) is 13.2. The Morgan fingerprint density at radius 2 is 1.94 bits per heavy atom. The SMILES string of the molecule is NS(=O)(=O)c1ccc(C(=O)NC2CCCCC2)o1. The molecule has 1 fully saturated rings. The quantitative estimate of drug-likeness (QED) is 0.856. The van der Waals surface area contributed by atoms with Crippen molar-refractivity contribution in [3.8, 4) is 0 Å². The van der Waals surface area contributed by atoms with Crippen LogP contribution >= 0.6 is 0 Å². The van der Waals surface area contributed by atoms with E-state index in [1.807, 2.05) is 0 Å². The van der Waals surface area contributed by atoms with Crippen LogP contribution in [0.1, 0.15) is 42.7 Å². The Labute approximate surface area is 106 Å². The van der Waals surface area contributed by atoms with Crippen LogP contribution in [0.5, 0.6) is 0 Å². The lowest BCUT2D eigenvalue weighted by atomic mass is 9.95. The van der Waals surface area contributed by atoms with Crippen LogP contribution in [0.25, 0.3) is 0 Å². The van der Waals surface area contributed by atoms with Gasteiger partial charge in [-0.05, 0) is 25.0 Å². The Morgan fingerprint density at radius 1 is 1.28 bits per heavy atom. The first kappa shape index (κ1) is 13.1. The van der Waals surface area contributed by atoms with Gasteiger partial charge in [-0.2, -0.15) is 0 Å². The van der Waals surface area contributed by atoms with Crippen LogP contribution in [0.15, 0.2) is 21.6 Å². The third-order valence-corrected chi connectivity index (χ3v) is 3.81. The molecule has 1 aliphatic rings. The molecule has 0 atom stereocenters. The average Bonchev–Trinajstić information content (AvgIpc) is 2.79. The maximum absolute atomic E-state index is 11.8. The maximum atomic E-state index is 11.8. The first-order chi connectivity index (χ1) is 8.47. The third-order valence-electron chi connectivity index (χ3n) is 3.03. The molecule has 0 radical (unpaired) electrons. The summed E-state index contributed by atoms with van der Waals surface area (Å²) >= 11 is 0. The maximum Gasteiger partial charge on any atom is 0.287 e. The second-order valence-electron chi connectivity index (χ2n) is 4.47. The van der Waals surface area contributed by atoms with Gasteiger partial charge < -0.3 is 9.73 Å². The van der Waals surface area contributed by atoms with Crippen LogP contribution in [0.3, 0.4) is 0 Å². The van der Waals surface area contributed by atoms with Crippen LogP contribution in [-0.4, -0.2) is 20.4 Å². The van der Waals surface area contributed by atoms with Gasteiger partial charge in [-0.15, -0.1) is 0 Å². The number of rotatable bonds is 3. The molecule has 0 unspecified atom stereocenters. The molecule has 1 aromatic heterocycles. The summed E-state index contributed by atoms with van der Waals surface area (Å²) in [7, 11) is -3.90. The molecular formula is C11H16N2O4S. The summed E-state index contributed by atoms with van der Waals surface area (Å²) in [6.07, 6.45) is 5.31. The number of amides is 1. The summed E-state index contributed by atoms with van der Waals surface area (Å²) in [5.41, 5.74) is 0. The van der Waals surface area contributed by atoms with Crippen molar-refractivity contribution in [1.82, 2.24) is 5.32 Å². The van der Waals surface area contributed by atoms with E-state index in [0.29, 0.717) is 0 Å². The standard InChI is InChI=1S/C11H16N2O4S/c12-18(15,16)10-7-6-9(17-10)11(14)13-8-4-2-1-3-5-8/h6-8H,1-5H2,(H,13,14)(H2,12,15,16). The first-order valence-corrected chi connectivity index (χ1v) is 7.45. The predicted molar refractivity (Wildman–Crippen MR) is 64.4 cm³/mol. The van der Waals surface area contributed by atoms with Gasteiger partial charge in [0, 0.05) is 6.04 Å². The second kappa shape index (κ2) is 5.11. The molecule has 1 heterocycles. The normalized spacial score (nSPS) is 17.6. The Hall–Kier alpha value is -1.34. The van der Waals surface area contributed by atoms with Crippen molar-refractivity contribution < 1.29 is 17.6 Å². The largest absolute Gasteiger partial charge is 0.438 e. The number of hydrogen-bond acceptors (Lipinski definition) is 4. The van der Waals surface area contributed by atoms with Crippen LogP contribution in [0.2, 0.25) is 0 Å². The molecule has 2 rings (SSSR count). The Morgan fingerprint density at radius 3 is 2.50 bits per heavy atom. The number of carbonyl (C=O) groups excluding carboxylic acids is 1. The van der Waals surface area contributed by atoms with Crippen molar-refractivity contribution in [3.63, 3.8) is 0 Å². The molecular weight excluding hydrogens is 256 g/mol. The molecule has 1 saturated carbocycles. The predicted octanol–water partition coefficient (Wildman–Crippen LogP) is 0.989. The van der Waals surface area contributed by atoms with Gasteiger partial charge in [0.25, 0.3) is 15.9 Å². The van der Waals surface area contributed by atoms with E-state index >= 15 is 0 Å². The highest BCUT2D eigenvalue weighted by Crippen LogP contribution is 2.18. The summed E-state index contributed by atoms with van der Waals surface area (Å²) in [5, 5.41) is 7.34. The van der Waals surface area contributed by atoms with Crippen LogP contribution < -0.4 is 10.5 Å². The highest BCUT2D eigenvalue weighted by atomic mass is 32.2. The van der Waals surface area contributed by atoms with Crippen LogP contribution in [0, 0.1) is 0 Å². The van der Waals surface area contributed by atoms with Crippen molar-refractivity contribution in [3.05, 3.63) is 17.9 Å². The average molecular weight is 272 g/mol. The number of nitrogens with two attached hydrogens (primary N) is 1. The van der Waals surface area contributed by atoms with Crippen LogP contribution in [-0.2, 0) is 10.0 Å². The highest BCUT2D eigenvalue weighted by molar-refractivity contribution is 7.89. The lowest BCUT2D eigenvalue weighted by molar-refractivity contribution is 0.0894. The molecule has 0 bridgehead atoms. The Bertz CT molecular complexity index is 529. The molecule has 0 spiro atoms. The molecule has 18 heavy (non-hydrogen) atoms. The molecule has 7 heteroatoms. The second-order valence-corrected chi connectivity index (χ2v) is 5.96. The summed E-state index contributed by atoms with van der Waals surface area (Å²) in [4.78, 5) is 11.8. The van der Waals surface area contributed by atoms with Gasteiger partial charge in [-0.25, -0.2) is 13.6 Å². The van der Waals surface area contributed by atoms with Gasteiger partial charge in [0.05, 0.1) is 0 Å². The molecule has 1 aromatic rings. The number of hydrogen-bond donors (Lipinski definition) is 2. The molecule has 100 valence electrons. The van der Waals surface area contributed by atoms with Gasteiger partial charge in [0.2, 0.25) is 5.09 Å². The molecule has 6 nitrogen and oxygen atoms in total. The summed E-state index contributed by atoms with van der Waals surface area (Å²) < 4.78 is 26.9. The molecule has 0 aromatic carbocycles. The van der Waals surface area contributed by atoms with Gasteiger partial charge in [0.1, 0.15) is 0 Å². The lowest BCUT2D eigenvalue weighted by Crippen LogP contribution is -2.35. The van der Waals surface area contributed by atoms with Gasteiger partial charge in [-0.1, -0.05) is 19.3 Å². The van der Waals surface area contributed by atoms with E-state index < -0.39 is 21.0 Å². The van der Waals surface area contributed by atoms with E-state index in [-0.39, 0.29) is 11.8 Å². The summed E-state index contributed by atoms with van der Waals surface area (Å²) in [5.74, 6) is -0.415. The number of nitrogens with one attached hydrogen (secondary N) is 1. The molecule has 1 aliphatic carbocycles. The molecule has 3 N–H and O–H groups in total. The number of carbonyl (C=O) groups is 1. The van der Waals surface area contributed by atoms with E-state index in [2.05, 4.69) is 5.32 Å². The topological polar surface area (TPSA) is 102 Å². The lowest BCUT2D eigenvalue weighted by Gasteiger charge is -2.22. The minimum absolute atomic E-state index is 0.0235. The van der Waals surface area contributed by atoms with Crippen LogP contribution in [0.4, 0.5) is 0 Å². The van der Waals surface area contributed by atoms with E-state index in [1.54, 1.807) is 0 Å². The van der Waals surface area contributed by atoms with E-state index in [9.17, 15) is 13.2 Å². The number of primary sulfonamides is 1. The van der Waals surface area contributed by atoms with Crippen molar-refractivity contribution in [1.29, 1.82) is 0 Å². The van der Waals surface area contributed by atoms with E-state index in [0.717, 1.165) is 25.7 Å². The van der Waals surface area contributed by atoms with Gasteiger partial charge >= 0.3 is 0 Å². The van der Waals surface area contributed by atoms with E-state index in [4.69, 9.17) is 9.56 Å². The van der Waals surface area contributed by atoms with Crippen molar-refractivity contribution >= 4 is 15.9 Å². The third kappa shape index (κ3) is 3.11. The molecule has 1 amide bonds. The van der Waals surface area contributed by atoms with Crippen molar-refractivity contribution in [2.45, 2.75) is 43.2 Å². The summed E-state index contributed by atoms with van der Waals surface area (Å²) in [6.45, 7) is 0. The fraction of sp³-hybridized carbons (Fsp3) is 0.545. The zero-order valence-electron chi connectivity index (χ0n) is 9.89. The fourth-order valence-corrected chi connectivity index (χ4v) is 2.56. The number of furan rings is 1.